The van der Waals surface area contributed by atoms with E-state index in [9.17, 15) is 18.0 Å². The molecule has 0 radical (unpaired) electrons. The molecule has 0 aromatic heterocycles. The Morgan fingerprint density at radius 1 is 1.00 bits per heavy atom. The molecule has 0 bridgehead atoms. The summed E-state index contributed by atoms with van der Waals surface area (Å²) in [5, 5.41) is 9.02. The van der Waals surface area contributed by atoms with Crippen LogP contribution in [0, 0.1) is 0 Å². The van der Waals surface area contributed by atoms with Crippen molar-refractivity contribution in [2.24, 2.45) is 0 Å². The number of sulfonamides is 1. The van der Waals surface area contributed by atoms with Gasteiger partial charge in [-0.2, -0.15) is 4.31 Å². The summed E-state index contributed by atoms with van der Waals surface area (Å²) in [6.07, 6.45) is 1.62. The Morgan fingerprint density at radius 3 is 2.49 bits per heavy atom. The first-order valence-electron chi connectivity index (χ1n) is 13.9. The molecule has 3 aromatic rings. The highest BCUT2D eigenvalue weighted by Crippen LogP contribution is 2.33. The molecule has 0 saturated carbocycles. The number of carbonyl (C=O) groups excluding carboxylic acids is 1. The van der Waals surface area contributed by atoms with Crippen LogP contribution in [0.4, 0.5) is 5.69 Å². The van der Waals surface area contributed by atoms with Crippen LogP contribution in [0.3, 0.4) is 0 Å². The second-order valence-electron chi connectivity index (χ2n) is 10.1. The number of methoxy groups -OCH3 is 2. The quantitative estimate of drug-likeness (QED) is 0.212. The number of nitrogen functional groups attached to an aromatic ring is 1. The monoisotopic (exact) mass is 612 g/mol. The molecule has 1 heterocycles. The van der Waals surface area contributed by atoms with Gasteiger partial charge in [-0.15, -0.1) is 0 Å². The van der Waals surface area contributed by atoms with E-state index >= 15 is 0 Å². The van der Waals surface area contributed by atoms with Crippen molar-refractivity contribution in [3.63, 3.8) is 0 Å². The number of rotatable bonds is 13. The van der Waals surface area contributed by atoms with Crippen molar-refractivity contribution in [3.8, 4) is 17.2 Å². The predicted molar refractivity (Wildman–Crippen MR) is 159 cm³/mol. The first-order valence-corrected chi connectivity index (χ1v) is 15.3. The van der Waals surface area contributed by atoms with E-state index in [0.717, 1.165) is 5.56 Å². The number of benzene rings is 3. The van der Waals surface area contributed by atoms with Crippen LogP contribution >= 0.6 is 0 Å². The van der Waals surface area contributed by atoms with Crippen LogP contribution < -0.4 is 19.9 Å². The molecule has 3 N–H and O–H groups in total. The number of nitrogens with two attached hydrogens (primary N) is 1. The van der Waals surface area contributed by atoms with Crippen LogP contribution in [0.25, 0.3) is 0 Å². The van der Waals surface area contributed by atoms with Gasteiger partial charge in [0.25, 0.3) is 0 Å². The van der Waals surface area contributed by atoms with Crippen molar-refractivity contribution in [2.45, 2.75) is 49.1 Å². The molecule has 11 nitrogen and oxygen atoms in total. The lowest BCUT2D eigenvalue weighted by atomic mass is 10.00. The van der Waals surface area contributed by atoms with Crippen LogP contribution in [0.5, 0.6) is 17.2 Å². The van der Waals surface area contributed by atoms with Gasteiger partial charge in [-0.05, 0) is 85.7 Å². The SMILES string of the molecule is COc1ccc(CC[C@@H](OC(=O)C2CCCCN2S(=O)(=O)c2cccc(N)c2)c2cccc(OCC(=O)O)c2)cc1OC. The van der Waals surface area contributed by atoms with E-state index in [-0.39, 0.29) is 11.4 Å². The molecule has 0 amide bonds. The van der Waals surface area contributed by atoms with Gasteiger partial charge in [-0.1, -0.05) is 24.3 Å². The summed E-state index contributed by atoms with van der Waals surface area (Å²) >= 11 is 0. The Balaban J connectivity index is 1.61. The van der Waals surface area contributed by atoms with Gasteiger partial charge in [0.05, 0.1) is 19.1 Å². The fourth-order valence-corrected chi connectivity index (χ4v) is 6.74. The third kappa shape index (κ3) is 7.96. The smallest absolute Gasteiger partial charge is 0.341 e. The summed E-state index contributed by atoms with van der Waals surface area (Å²) in [7, 11) is -0.926. The van der Waals surface area contributed by atoms with E-state index in [1.165, 1.54) is 16.4 Å². The van der Waals surface area contributed by atoms with Crippen molar-refractivity contribution < 1.29 is 42.1 Å². The van der Waals surface area contributed by atoms with E-state index in [1.807, 2.05) is 12.1 Å². The van der Waals surface area contributed by atoms with Crippen LogP contribution in [0.1, 0.15) is 42.9 Å². The number of carbonyl (C=O) groups is 2. The van der Waals surface area contributed by atoms with E-state index < -0.39 is 40.7 Å². The van der Waals surface area contributed by atoms with Gasteiger partial charge in [0.2, 0.25) is 10.0 Å². The third-order valence-corrected chi connectivity index (χ3v) is 9.09. The van der Waals surface area contributed by atoms with Gasteiger partial charge in [-0.3, -0.25) is 4.79 Å². The molecule has 2 atom stereocenters. The number of anilines is 1. The zero-order valence-electron chi connectivity index (χ0n) is 24.1. The Kier molecular flexibility index (Phi) is 10.5. The number of piperidine rings is 1. The van der Waals surface area contributed by atoms with Crippen LogP contribution in [-0.2, 0) is 30.8 Å². The number of esters is 1. The minimum Gasteiger partial charge on any atom is -0.493 e. The van der Waals surface area contributed by atoms with Crippen molar-refractivity contribution >= 4 is 27.6 Å². The summed E-state index contributed by atoms with van der Waals surface area (Å²) in [6.45, 7) is -0.357. The van der Waals surface area contributed by atoms with E-state index in [2.05, 4.69) is 0 Å². The number of hydrogen-bond donors (Lipinski definition) is 2. The molecule has 43 heavy (non-hydrogen) atoms. The molecule has 1 aliphatic rings. The molecule has 3 aromatic carbocycles. The van der Waals surface area contributed by atoms with Crippen molar-refractivity contribution in [1.29, 1.82) is 0 Å². The van der Waals surface area contributed by atoms with Crippen LogP contribution in [0.15, 0.2) is 71.6 Å². The second-order valence-corrected chi connectivity index (χ2v) is 12.0. The molecule has 4 rings (SSSR count). The van der Waals surface area contributed by atoms with Crippen molar-refractivity contribution in [3.05, 3.63) is 77.9 Å². The summed E-state index contributed by atoms with van der Waals surface area (Å²) in [4.78, 5) is 24.8. The summed E-state index contributed by atoms with van der Waals surface area (Å²) < 4.78 is 50.5. The third-order valence-electron chi connectivity index (χ3n) is 7.18. The van der Waals surface area contributed by atoms with E-state index in [1.54, 1.807) is 56.7 Å². The first kappa shape index (κ1) is 31.6. The molecule has 0 aliphatic carbocycles. The van der Waals surface area contributed by atoms with Crippen LogP contribution in [-0.4, -0.2) is 63.2 Å². The largest absolute Gasteiger partial charge is 0.493 e. The lowest BCUT2D eigenvalue weighted by Crippen LogP contribution is -2.48. The van der Waals surface area contributed by atoms with Crippen molar-refractivity contribution in [2.75, 3.05) is 33.1 Å². The van der Waals surface area contributed by atoms with Gasteiger partial charge in [0.1, 0.15) is 17.9 Å². The Bertz CT molecular complexity index is 1540. The Labute approximate surface area is 251 Å². The number of ether oxygens (including phenoxy) is 4. The average molecular weight is 613 g/mol. The Hall–Kier alpha value is -4.29. The molecule has 1 saturated heterocycles. The maximum atomic E-state index is 13.7. The van der Waals surface area contributed by atoms with Crippen molar-refractivity contribution in [1.82, 2.24) is 4.31 Å². The number of aliphatic carboxylic acids is 1. The number of carboxylic acid groups (broad SMARTS) is 1. The summed E-state index contributed by atoms with van der Waals surface area (Å²) in [6, 6.07) is 17.1. The van der Waals surface area contributed by atoms with E-state index in [0.29, 0.717) is 60.6 Å². The topological polar surface area (TPSA) is 155 Å². The number of nitrogens with zero attached hydrogens (tertiary/aromatic N) is 1. The number of aryl methyl sites for hydroxylation is 1. The maximum Gasteiger partial charge on any atom is 0.341 e. The maximum absolute atomic E-state index is 13.7. The highest BCUT2D eigenvalue weighted by molar-refractivity contribution is 7.89. The first-order chi connectivity index (χ1) is 20.6. The Morgan fingerprint density at radius 2 is 1.77 bits per heavy atom. The summed E-state index contributed by atoms with van der Waals surface area (Å²) in [5.74, 6) is -0.351. The molecular weight excluding hydrogens is 576 g/mol. The standard InChI is InChI=1S/C31H36N2O9S/c1-39-28-15-13-21(17-29(28)40-2)12-14-27(22-7-5-9-24(18-22)41-20-30(34)35)42-31(36)26-11-3-4-16-33(26)43(37,38)25-10-6-8-23(32)19-25/h5-10,13,15,17-19,26-27H,3-4,11-12,14,16,20,32H2,1-2H3,(H,34,35)/t26?,27-/m1/s1. The fourth-order valence-electron chi connectivity index (χ4n) is 5.03. The molecule has 1 aliphatic heterocycles. The molecule has 1 fully saturated rings. The van der Waals surface area contributed by atoms with Crippen LogP contribution in [0.2, 0.25) is 0 Å². The average Bonchev–Trinajstić information content (AvgIpc) is 3.01. The van der Waals surface area contributed by atoms with Gasteiger partial charge in [0, 0.05) is 12.2 Å². The number of hydrogen-bond acceptors (Lipinski definition) is 9. The van der Waals surface area contributed by atoms with Gasteiger partial charge in [0.15, 0.2) is 18.1 Å². The molecular formula is C31H36N2O9S. The fraction of sp³-hybridized carbons (Fsp3) is 0.355. The zero-order valence-corrected chi connectivity index (χ0v) is 24.9. The molecule has 12 heteroatoms. The number of carboxylic acids is 1. The van der Waals surface area contributed by atoms with E-state index in [4.69, 9.17) is 29.8 Å². The lowest BCUT2D eigenvalue weighted by molar-refractivity contribution is -0.155. The predicted octanol–water partition coefficient (Wildman–Crippen LogP) is 4.21. The highest BCUT2D eigenvalue weighted by atomic mass is 32.2. The lowest BCUT2D eigenvalue weighted by Gasteiger charge is -2.34. The second kappa shape index (κ2) is 14.3. The van der Waals surface area contributed by atoms with Gasteiger partial charge >= 0.3 is 11.9 Å². The normalized spacial score (nSPS) is 16.2. The highest BCUT2D eigenvalue weighted by Gasteiger charge is 2.39. The summed E-state index contributed by atoms with van der Waals surface area (Å²) in [5.41, 5.74) is 7.63. The molecule has 1 unspecified atom stereocenters. The van der Waals surface area contributed by atoms with Gasteiger partial charge < -0.3 is 29.8 Å². The van der Waals surface area contributed by atoms with Gasteiger partial charge in [-0.25, -0.2) is 13.2 Å². The zero-order chi connectivity index (χ0) is 31.0. The molecule has 230 valence electrons. The minimum atomic E-state index is -4.02. The minimum absolute atomic E-state index is 0.0143. The molecule has 0 spiro atoms.